The van der Waals surface area contributed by atoms with Crippen LogP contribution >= 0.6 is 0 Å². The lowest BCUT2D eigenvalue weighted by atomic mass is 9.98. The smallest absolute Gasteiger partial charge is 0.243 e. The first-order valence-corrected chi connectivity index (χ1v) is 16.1. The molecule has 0 saturated carbocycles. The number of aliphatic hydroxyl groups is 1. The van der Waals surface area contributed by atoms with Crippen molar-refractivity contribution >= 4 is 11.8 Å². The molecule has 2 amide bonds. The number of hydrogen-bond donors (Lipinski definition) is 4. The Bertz CT molecular complexity index is 1420. The van der Waals surface area contributed by atoms with Crippen molar-refractivity contribution in [1.82, 2.24) is 15.7 Å². The Balaban J connectivity index is 1.25. The highest BCUT2D eigenvalue weighted by molar-refractivity contribution is 5.78. The van der Waals surface area contributed by atoms with Crippen LogP contribution in [0.5, 0.6) is 0 Å². The molecule has 5 rings (SSSR count). The van der Waals surface area contributed by atoms with E-state index < -0.39 is 12.2 Å². The fraction of sp³-hybridized carbons (Fsp3) is 0.444. The summed E-state index contributed by atoms with van der Waals surface area (Å²) in [7, 11) is 1.76. The van der Waals surface area contributed by atoms with Gasteiger partial charge >= 0.3 is 0 Å². The highest BCUT2D eigenvalue weighted by Gasteiger charge is 2.35. The number of hydroxylamine groups is 1. The first-order valence-electron chi connectivity index (χ1n) is 16.1. The van der Waals surface area contributed by atoms with Gasteiger partial charge in [0.05, 0.1) is 25.4 Å². The van der Waals surface area contributed by atoms with Gasteiger partial charge in [-0.05, 0) is 59.7 Å². The zero-order chi connectivity index (χ0) is 32.3. The second-order valence-corrected chi connectivity index (χ2v) is 12.1. The number of nitrogens with one attached hydrogen (secondary N) is 2. The van der Waals surface area contributed by atoms with Gasteiger partial charge in [0.2, 0.25) is 11.8 Å². The van der Waals surface area contributed by atoms with E-state index >= 15 is 0 Å². The number of carbonyl (C=O) groups is 2. The standard InChI is InChI=1S/C36H45N3O7/c1-44-24-31-7-4-18-39(31)22-32-20-33(28-12-10-25(23-40)11-13-28)46-36(45-32)29-16-14-27(15-17-29)30-6-2-5-26(19-30)21-37-34(41)8-3-9-35(42)38-43/h2,5-6,10-17,19,31-33,36,40,43H,3-4,7-9,18,20-24H2,1H3,(H,37,41)(H,38,42). The number of ether oxygens (including phenoxy) is 3. The molecule has 0 spiro atoms. The molecule has 46 heavy (non-hydrogen) atoms. The van der Waals surface area contributed by atoms with Gasteiger partial charge in [0.25, 0.3) is 0 Å². The second-order valence-electron chi connectivity index (χ2n) is 12.1. The van der Waals surface area contributed by atoms with Crippen LogP contribution in [-0.4, -0.2) is 66.0 Å². The van der Waals surface area contributed by atoms with Crippen LogP contribution in [0.2, 0.25) is 0 Å². The zero-order valence-electron chi connectivity index (χ0n) is 26.4. The zero-order valence-corrected chi connectivity index (χ0v) is 26.4. The van der Waals surface area contributed by atoms with Crippen LogP contribution in [0.25, 0.3) is 11.1 Å². The predicted molar refractivity (Wildman–Crippen MR) is 172 cm³/mol. The summed E-state index contributed by atoms with van der Waals surface area (Å²) in [5, 5.41) is 21.0. The number of amides is 2. The van der Waals surface area contributed by atoms with E-state index in [1.54, 1.807) is 12.6 Å². The number of methoxy groups -OCH3 is 1. The van der Waals surface area contributed by atoms with Crippen molar-refractivity contribution in [1.29, 1.82) is 0 Å². The van der Waals surface area contributed by atoms with Crippen molar-refractivity contribution in [2.45, 2.75) is 76.2 Å². The van der Waals surface area contributed by atoms with Gasteiger partial charge in [0.15, 0.2) is 6.29 Å². The van der Waals surface area contributed by atoms with Crippen LogP contribution in [0, 0.1) is 0 Å². The van der Waals surface area contributed by atoms with Crippen molar-refractivity contribution in [2.24, 2.45) is 0 Å². The van der Waals surface area contributed by atoms with Crippen LogP contribution in [0.15, 0.2) is 72.8 Å². The van der Waals surface area contributed by atoms with Crippen LogP contribution in [0.3, 0.4) is 0 Å². The van der Waals surface area contributed by atoms with Gasteiger partial charge in [-0.15, -0.1) is 0 Å². The Morgan fingerprint density at radius 1 is 0.935 bits per heavy atom. The maximum Gasteiger partial charge on any atom is 0.243 e. The summed E-state index contributed by atoms with van der Waals surface area (Å²) in [6.45, 7) is 2.96. The Morgan fingerprint density at radius 3 is 2.43 bits per heavy atom. The van der Waals surface area contributed by atoms with Crippen LogP contribution in [0.1, 0.15) is 73.2 Å². The summed E-state index contributed by atoms with van der Waals surface area (Å²) >= 11 is 0. The van der Waals surface area contributed by atoms with Crippen molar-refractivity contribution in [3.63, 3.8) is 0 Å². The average Bonchev–Trinajstić information content (AvgIpc) is 3.53. The second kappa shape index (κ2) is 16.8. The van der Waals surface area contributed by atoms with E-state index in [0.29, 0.717) is 19.0 Å². The molecule has 0 aromatic heterocycles. The summed E-state index contributed by atoms with van der Waals surface area (Å²) in [6, 6.07) is 24.6. The first-order chi connectivity index (χ1) is 22.4. The molecule has 4 atom stereocenters. The number of aliphatic hydroxyl groups excluding tert-OH is 1. The number of rotatable bonds is 14. The summed E-state index contributed by atoms with van der Waals surface area (Å²) < 4.78 is 18.7. The summed E-state index contributed by atoms with van der Waals surface area (Å²) in [4.78, 5) is 25.8. The molecule has 10 nitrogen and oxygen atoms in total. The van der Waals surface area contributed by atoms with E-state index in [-0.39, 0.29) is 37.6 Å². The van der Waals surface area contributed by atoms with Crippen LogP contribution in [-0.2, 0) is 37.0 Å². The van der Waals surface area contributed by atoms with E-state index in [1.165, 1.54) is 0 Å². The molecule has 2 aliphatic heterocycles. The van der Waals surface area contributed by atoms with Gasteiger partial charge in [0.1, 0.15) is 0 Å². The summed E-state index contributed by atoms with van der Waals surface area (Å²) in [5.74, 6) is -0.646. The Labute approximate surface area is 270 Å². The fourth-order valence-electron chi connectivity index (χ4n) is 6.26. The topological polar surface area (TPSA) is 130 Å². The Kier molecular flexibility index (Phi) is 12.3. The number of nitrogens with zero attached hydrogens (tertiary/aromatic N) is 1. The van der Waals surface area contributed by atoms with E-state index in [9.17, 15) is 14.7 Å². The van der Waals surface area contributed by atoms with E-state index in [0.717, 1.165) is 72.3 Å². The molecule has 2 heterocycles. The first kappa shape index (κ1) is 33.7. The SMILES string of the molecule is COCC1CCCN1CC1CC(c2ccc(CO)cc2)OC(c2ccc(-c3cccc(CNC(=O)CCCC(=O)NO)c3)cc2)O1. The molecule has 10 heteroatoms. The third kappa shape index (κ3) is 9.22. The molecule has 3 aromatic rings. The fourth-order valence-corrected chi connectivity index (χ4v) is 6.26. The van der Waals surface area contributed by atoms with E-state index in [4.69, 9.17) is 19.4 Å². The molecule has 3 aromatic carbocycles. The van der Waals surface area contributed by atoms with E-state index in [2.05, 4.69) is 40.5 Å². The van der Waals surface area contributed by atoms with Gasteiger partial charge in [-0.2, -0.15) is 0 Å². The molecular formula is C36H45N3O7. The van der Waals surface area contributed by atoms with Gasteiger partial charge in [0, 0.05) is 51.1 Å². The molecule has 2 saturated heterocycles. The van der Waals surface area contributed by atoms with Crippen LogP contribution in [0.4, 0.5) is 0 Å². The largest absolute Gasteiger partial charge is 0.392 e. The van der Waals surface area contributed by atoms with Gasteiger partial charge in [-0.3, -0.25) is 19.7 Å². The van der Waals surface area contributed by atoms with Crippen molar-refractivity contribution < 1.29 is 34.1 Å². The van der Waals surface area contributed by atoms with Crippen LogP contribution < -0.4 is 10.8 Å². The molecule has 246 valence electrons. The minimum absolute atomic E-state index is 0.00724. The Hall–Kier alpha value is -3.64. The lowest BCUT2D eigenvalue weighted by Crippen LogP contribution is -2.42. The minimum Gasteiger partial charge on any atom is -0.392 e. The third-order valence-electron chi connectivity index (χ3n) is 8.78. The molecule has 4 unspecified atom stereocenters. The number of likely N-dealkylation sites (tertiary alicyclic amines) is 1. The van der Waals surface area contributed by atoms with E-state index in [1.807, 2.05) is 42.5 Å². The normalized spacial score (nSPS) is 21.6. The van der Waals surface area contributed by atoms with Gasteiger partial charge < -0.3 is 24.6 Å². The predicted octanol–water partition coefficient (Wildman–Crippen LogP) is 4.79. The summed E-state index contributed by atoms with van der Waals surface area (Å²) in [6.07, 6.45) is 3.02. The average molecular weight is 632 g/mol. The highest BCUT2D eigenvalue weighted by atomic mass is 16.7. The molecular weight excluding hydrogens is 586 g/mol. The molecule has 2 fully saturated rings. The van der Waals surface area contributed by atoms with Crippen molar-refractivity contribution in [3.05, 3.63) is 95.1 Å². The molecule has 0 bridgehead atoms. The lowest BCUT2D eigenvalue weighted by molar-refractivity contribution is -0.253. The highest BCUT2D eigenvalue weighted by Crippen LogP contribution is 2.39. The number of benzene rings is 3. The summed E-state index contributed by atoms with van der Waals surface area (Å²) in [5.41, 5.74) is 7.49. The molecule has 0 radical (unpaired) electrons. The third-order valence-corrected chi connectivity index (χ3v) is 8.78. The maximum absolute atomic E-state index is 12.2. The number of hydrogen-bond acceptors (Lipinski definition) is 8. The molecule has 2 aliphatic rings. The van der Waals surface area contributed by atoms with Crippen molar-refractivity contribution in [3.8, 4) is 11.1 Å². The van der Waals surface area contributed by atoms with Crippen molar-refractivity contribution in [2.75, 3.05) is 26.8 Å². The number of carbonyl (C=O) groups excluding carboxylic acids is 2. The molecule has 4 N–H and O–H groups in total. The minimum atomic E-state index is -0.524. The van der Waals surface area contributed by atoms with Gasteiger partial charge in [-0.1, -0.05) is 66.7 Å². The lowest BCUT2D eigenvalue weighted by Gasteiger charge is -2.38. The van der Waals surface area contributed by atoms with Gasteiger partial charge in [-0.25, -0.2) is 5.48 Å². The monoisotopic (exact) mass is 631 g/mol. The quantitative estimate of drug-likeness (QED) is 0.148. The molecule has 0 aliphatic carbocycles. The maximum atomic E-state index is 12.2. The Morgan fingerprint density at radius 2 is 1.70 bits per heavy atom.